The maximum absolute atomic E-state index is 12.9. The first kappa shape index (κ1) is 20.8. The van der Waals surface area contributed by atoms with Gasteiger partial charge in [0, 0.05) is 5.69 Å². The highest BCUT2D eigenvalue weighted by atomic mass is 35.5. The van der Waals surface area contributed by atoms with Gasteiger partial charge >= 0.3 is 0 Å². The van der Waals surface area contributed by atoms with Crippen LogP contribution in [0.5, 0.6) is 0 Å². The van der Waals surface area contributed by atoms with Crippen molar-refractivity contribution in [1.82, 2.24) is 14.8 Å². The molecule has 4 rings (SSSR count). The number of carbonyl (C=O) groups is 2. The summed E-state index contributed by atoms with van der Waals surface area (Å²) in [4.78, 5) is 30.2. The van der Waals surface area contributed by atoms with E-state index >= 15 is 0 Å². The molecule has 2 aromatic carbocycles. The van der Waals surface area contributed by atoms with Gasteiger partial charge in [-0.2, -0.15) is 5.10 Å². The molecule has 0 saturated carbocycles. The van der Waals surface area contributed by atoms with Crippen LogP contribution in [0.2, 0.25) is 5.15 Å². The summed E-state index contributed by atoms with van der Waals surface area (Å²) in [6, 6.07) is 18.4. The lowest BCUT2D eigenvalue weighted by Crippen LogP contribution is -2.13. The molecule has 2 aromatic heterocycles. The van der Waals surface area contributed by atoms with Crippen molar-refractivity contribution in [3.05, 3.63) is 87.6 Å². The van der Waals surface area contributed by atoms with Gasteiger partial charge in [-0.3, -0.25) is 14.9 Å². The molecule has 0 fully saturated rings. The van der Waals surface area contributed by atoms with Crippen molar-refractivity contribution in [2.75, 3.05) is 10.6 Å². The molecule has 0 saturated heterocycles. The summed E-state index contributed by atoms with van der Waals surface area (Å²) in [6.07, 6.45) is 0. The molecule has 2 amide bonds. The van der Waals surface area contributed by atoms with Crippen molar-refractivity contribution < 1.29 is 9.59 Å². The minimum Gasteiger partial charge on any atom is -0.321 e. The Labute approximate surface area is 187 Å². The van der Waals surface area contributed by atoms with Crippen molar-refractivity contribution in [1.29, 1.82) is 0 Å². The number of amides is 2. The lowest BCUT2D eigenvalue weighted by atomic mass is 10.2. The minimum absolute atomic E-state index is 0.205. The van der Waals surface area contributed by atoms with E-state index in [-0.39, 0.29) is 16.6 Å². The van der Waals surface area contributed by atoms with Crippen LogP contribution in [0.1, 0.15) is 31.4 Å². The van der Waals surface area contributed by atoms with Crippen LogP contribution < -0.4 is 10.6 Å². The van der Waals surface area contributed by atoms with Crippen molar-refractivity contribution in [2.45, 2.75) is 13.8 Å². The fourth-order valence-corrected chi connectivity index (χ4v) is 4.24. The van der Waals surface area contributed by atoms with E-state index in [0.717, 1.165) is 17.0 Å². The van der Waals surface area contributed by atoms with Gasteiger partial charge in [-0.1, -0.05) is 59.3 Å². The number of nitrogens with zero attached hydrogens (tertiary/aromatic N) is 3. The van der Waals surface area contributed by atoms with Gasteiger partial charge in [-0.15, -0.1) is 0 Å². The topological polar surface area (TPSA) is 88.9 Å². The first-order valence-corrected chi connectivity index (χ1v) is 10.6. The van der Waals surface area contributed by atoms with Gasteiger partial charge in [0.25, 0.3) is 11.8 Å². The summed E-state index contributed by atoms with van der Waals surface area (Å²) in [5.41, 5.74) is 2.70. The predicted molar refractivity (Wildman–Crippen MR) is 123 cm³/mol. The molecule has 156 valence electrons. The fraction of sp³-hybridized carbons (Fsp3) is 0.0909. The zero-order valence-corrected chi connectivity index (χ0v) is 18.3. The number of hydrogen-bond donors (Lipinski definition) is 2. The molecule has 7 nitrogen and oxygen atoms in total. The molecule has 9 heteroatoms. The smallest absolute Gasteiger partial charge is 0.267 e. The Morgan fingerprint density at radius 2 is 1.55 bits per heavy atom. The second-order valence-corrected chi connectivity index (χ2v) is 8.06. The average Bonchev–Trinajstić information content (AvgIpc) is 3.27. The maximum Gasteiger partial charge on any atom is 0.267 e. The number of nitrogens with one attached hydrogen (secondary N) is 2. The van der Waals surface area contributed by atoms with Gasteiger partial charge in [0.15, 0.2) is 5.13 Å². The molecule has 4 aromatic rings. The van der Waals surface area contributed by atoms with Crippen LogP contribution in [0.4, 0.5) is 10.8 Å². The van der Waals surface area contributed by atoms with Gasteiger partial charge in [-0.05, 0) is 38.1 Å². The quantitative estimate of drug-likeness (QED) is 0.441. The first-order chi connectivity index (χ1) is 14.9. The third kappa shape index (κ3) is 4.35. The third-order valence-corrected chi connectivity index (χ3v) is 5.91. The van der Waals surface area contributed by atoms with E-state index in [4.69, 9.17) is 11.6 Å². The summed E-state index contributed by atoms with van der Waals surface area (Å²) in [5, 5.41) is 10.5. The van der Waals surface area contributed by atoms with Crippen LogP contribution in [-0.2, 0) is 0 Å². The summed E-state index contributed by atoms with van der Waals surface area (Å²) >= 11 is 7.56. The SMILES string of the molecule is Cc1nc(NC(=O)c2c(C)nn(-c3ccccc3)c2Cl)sc1C(=O)Nc1ccccc1. The second-order valence-electron chi connectivity index (χ2n) is 6.71. The van der Waals surface area contributed by atoms with Crippen LogP contribution in [0, 0.1) is 13.8 Å². The van der Waals surface area contributed by atoms with Gasteiger partial charge in [0.1, 0.15) is 15.6 Å². The van der Waals surface area contributed by atoms with Crippen LogP contribution in [-0.4, -0.2) is 26.6 Å². The van der Waals surface area contributed by atoms with Gasteiger partial charge in [0.05, 0.1) is 17.1 Å². The normalized spacial score (nSPS) is 10.7. The fourth-order valence-electron chi connectivity index (χ4n) is 3.03. The van der Waals surface area contributed by atoms with Crippen molar-refractivity contribution in [3.63, 3.8) is 0 Å². The van der Waals surface area contributed by atoms with E-state index in [1.165, 1.54) is 4.68 Å². The molecule has 31 heavy (non-hydrogen) atoms. The summed E-state index contributed by atoms with van der Waals surface area (Å²) in [7, 11) is 0. The molecule has 2 heterocycles. The Morgan fingerprint density at radius 1 is 0.903 bits per heavy atom. The monoisotopic (exact) mass is 451 g/mol. The highest BCUT2D eigenvalue weighted by Crippen LogP contribution is 2.27. The number of halogens is 1. The number of carbonyl (C=O) groups excluding carboxylic acids is 2. The van der Waals surface area contributed by atoms with E-state index in [1.54, 1.807) is 26.0 Å². The Kier molecular flexibility index (Phi) is 5.83. The van der Waals surface area contributed by atoms with E-state index in [2.05, 4.69) is 20.7 Å². The van der Waals surface area contributed by atoms with E-state index in [0.29, 0.717) is 27.1 Å². The zero-order chi connectivity index (χ0) is 22.0. The minimum atomic E-state index is -0.437. The van der Waals surface area contributed by atoms with Crippen LogP contribution in [0.25, 0.3) is 5.69 Å². The lowest BCUT2D eigenvalue weighted by Gasteiger charge is -2.04. The maximum atomic E-state index is 12.9. The molecule has 0 aliphatic heterocycles. The van der Waals surface area contributed by atoms with E-state index < -0.39 is 5.91 Å². The van der Waals surface area contributed by atoms with E-state index in [1.807, 2.05) is 48.5 Å². The number of para-hydroxylation sites is 2. The Morgan fingerprint density at radius 3 is 2.23 bits per heavy atom. The van der Waals surface area contributed by atoms with E-state index in [9.17, 15) is 9.59 Å². The molecular weight excluding hydrogens is 434 g/mol. The van der Waals surface area contributed by atoms with Crippen LogP contribution >= 0.6 is 22.9 Å². The second kappa shape index (κ2) is 8.71. The molecule has 0 radical (unpaired) electrons. The van der Waals surface area contributed by atoms with Crippen molar-refractivity contribution >= 4 is 45.6 Å². The Balaban J connectivity index is 1.54. The molecule has 0 spiro atoms. The molecule has 0 unspecified atom stereocenters. The Bertz CT molecular complexity index is 1250. The summed E-state index contributed by atoms with van der Waals surface area (Å²) in [5.74, 6) is -0.721. The first-order valence-electron chi connectivity index (χ1n) is 9.39. The number of benzene rings is 2. The lowest BCUT2D eigenvalue weighted by molar-refractivity contribution is 0.101. The highest BCUT2D eigenvalue weighted by Gasteiger charge is 2.23. The third-order valence-electron chi connectivity index (χ3n) is 4.49. The van der Waals surface area contributed by atoms with Crippen molar-refractivity contribution in [3.8, 4) is 5.69 Å². The van der Waals surface area contributed by atoms with Gasteiger partial charge < -0.3 is 5.32 Å². The molecule has 0 aliphatic carbocycles. The predicted octanol–water partition coefficient (Wildman–Crippen LogP) is 5.10. The number of aryl methyl sites for hydroxylation is 2. The number of rotatable bonds is 5. The molecule has 0 bridgehead atoms. The highest BCUT2D eigenvalue weighted by molar-refractivity contribution is 7.17. The number of thiazole rings is 1. The standard InChI is InChI=1S/C22H18ClN5O2S/c1-13-17(19(23)28(27-13)16-11-7-4-8-12-16)20(29)26-22-24-14(2)18(31-22)21(30)25-15-9-5-3-6-10-15/h3-12H,1-2H3,(H,25,30)(H,24,26,29). The van der Waals surface area contributed by atoms with Crippen molar-refractivity contribution in [2.24, 2.45) is 0 Å². The molecular formula is C22H18ClN5O2S. The molecule has 2 N–H and O–H groups in total. The zero-order valence-electron chi connectivity index (χ0n) is 16.7. The van der Waals surface area contributed by atoms with Crippen LogP contribution in [0.15, 0.2) is 60.7 Å². The number of anilines is 2. The van der Waals surface area contributed by atoms with Gasteiger partial charge in [0.2, 0.25) is 0 Å². The van der Waals surface area contributed by atoms with Crippen LogP contribution in [0.3, 0.4) is 0 Å². The van der Waals surface area contributed by atoms with Gasteiger partial charge in [-0.25, -0.2) is 9.67 Å². The molecule has 0 atom stereocenters. The number of aromatic nitrogens is 3. The molecule has 0 aliphatic rings. The average molecular weight is 452 g/mol. The largest absolute Gasteiger partial charge is 0.321 e. The Hall–Kier alpha value is -3.49. The summed E-state index contributed by atoms with van der Waals surface area (Å²) in [6.45, 7) is 3.43. The number of hydrogen-bond acceptors (Lipinski definition) is 5. The summed E-state index contributed by atoms with van der Waals surface area (Å²) < 4.78 is 1.51.